The molecule has 5 nitrogen and oxygen atoms in total. The van der Waals surface area contributed by atoms with Crippen LogP contribution in [0.3, 0.4) is 0 Å². The van der Waals surface area contributed by atoms with Crippen molar-refractivity contribution < 1.29 is 9.26 Å². The Kier molecular flexibility index (Phi) is 5.54. The van der Waals surface area contributed by atoms with Gasteiger partial charge in [-0.05, 0) is 37.8 Å². The number of aromatic nitrogens is 2. The van der Waals surface area contributed by atoms with Crippen molar-refractivity contribution >= 4 is 0 Å². The third kappa shape index (κ3) is 3.79. The number of likely N-dealkylation sites (tertiary alicyclic amines) is 1. The average molecular weight is 281 g/mol. The van der Waals surface area contributed by atoms with Crippen molar-refractivity contribution in [3.63, 3.8) is 0 Å². The fraction of sp³-hybridized carbons (Fsp3) is 0.867. The zero-order valence-corrected chi connectivity index (χ0v) is 13.0. The molecule has 0 aromatic carbocycles. The van der Waals surface area contributed by atoms with Crippen LogP contribution in [0.15, 0.2) is 4.52 Å². The van der Waals surface area contributed by atoms with Gasteiger partial charge in [-0.1, -0.05) is 31.8 Å². The quantitative estimate of drug-likeness (QED) is 0.802. The molecule has 114 valence electrons. The van der Waals surface area contributed by atoms with Gasteiger partial charge in [-0.3, -0.25) is 4.90 Å². The minimum atomic E-state index is 0.415. The highest BCUT2D eigenvalue weighted by atomic mass is 16.5. The molecule has 0 N–H and O–H groups in total. The standard InChI is InChI=1S/C15H27N3O2/c1-4-15(5-2)7-6-9-18(10-8-15)11-14-16-13(12-19-3)17-20-14/h4-12H2,1-3H3. The van der Waals surface area contributed by atoms with E-state index in [-0.39, 0.29) is 0 Å². The highest BCUT2D eigenvalue weighted by molar-refractivity contribution is 4.87. The monoisotopic (exact) mass is 281 g/mol. The van der Waals surface area contributed by atoms with Crippen LogP contribution >= 0.6 is 0 Å². The molecule has 0 unspecified atom stereocenters. The summed E-state index contributed by atoms with van der Waals surface area (Å²) in [5.41, 5.74) is 0.546. The van der Waals surface area contributed by atoms with E-state index in [0.29, 0.717) is 23.7 Å². The lowest BCUT2D eigenvalue weighted by Crippen LogP contribution is -2.26. The minimum absolute atomic E-state index is 0.415. The largest absolute Gasteiger partial charge is 0.377 e. The lowest BCUT2D eigenvalue weighted by Gasteiger charge is -2.30. The second-order valence-electron chi connectivity index (χ2n) is 5.87. The Hall–Kier alpha value is -0.940. The van der Waals surface area contributed by atoms with Crippen LogP contribution in [0.2, 0.25) is 0 Å². The van der Waals surface area contributed by atoms with Gasteiger partial charge in [0.2, 0.25) is 5.89 Å². The summed E-state index contributed by atoms with van der Waals surface area (Å²) in [6.07, 6.45) is 6.46. The molecule has 0 aliphatic carbocycles. The molecule has 0 spiro atoms. The van der Waals surface area contributed by atoms with Crippen molar-refractivity contribution in [3.8, 4) is 0 Å². The van der Waals surface area contributed by atoms with Crippen LogP contribution < -0.4 is 0 Å². The molecule has 1 aromatic heterocycles. The molecule has 0 atom stereocenters. The van der Waals surface area contributed by atoms with Crippen LogP contribution in [0.1, 0.15) is 57.7 Å². The number of methoxy groups -OCH3 is 1. The molecule has 1 aromatic rings. The van der Waals surface area contributed by atoms with E-state index in [9.17, 15) is 0 Å². The molecule has 0 amide bonds. The fourth-order valence-corrected chi connectivity index (χ4v) is 3.16. The van der Waals surface area contributed by atoms with E-state index >= 15 is 0 Å². The highest BCUT2D eigenvalue weighted by Crippen LogP contribution is 2.38. The molecular weight excluding hydrogens is 254 g/mol. The minimum Gasteiger partial charge on any atom is -0.377 e. The Balaban J connectivity index is 1.90. The summed E-state index contributed by atoms with van der Waals surface area (Å²) in [6, 6.07) is 0. The molecule has 5 heteroatoms. The van der Waals surface area contributed by atoms with Gasteiger partial charge in [0.1, 0.15) is 6.61 Å². The van der Waals surface area contributed by atoms with E-state index in [2.05, 4.69) is 28.9 Å². The van der Waals surface area contributed by atoms with Crippen molar-refractivity contribution in [2.24, 2.45) is 5.41 Å². The summed E-state index contributed by atoms with van der Waals surface area (Å²) < 4.78 is 10.3. The molecule has 20 heavy (non-hydrogen) atoms. The van der Waals surface area contributed by atoms with Crippen molar-refractivity contribution in [1.82, 2.24) is 15.0 Å². The SMILES string of the molecule is CCC1(CC)CCCN(Cc2nc(COC)no2)CC1. The van der Waals surface area contributed by atoms with E-state index in [1.54, 1.807) is 7.11 Å². The Morgan fingerprint density at radius 3 is 2.75 bits per heavy atom. The molecule has 0 saturated carbocycles. The van der Waals surface area contributed by atoms with Gasteiger partial charge >= 0.3 is 0 Å². The first-order valence-corrected chi connectivity index (χ1v) is 7.74. The second-order valence-corrected chi connectivity index (χ2v) is 5.87. The summed E-state index contributed by atoms with van der Waals surface area (Å²) in [6.45, 7) is 8.09. The lowest BCUT2D eigenvalue weighted by atomic mass is 9.76. The van der Waals surface area contributed by atoms with Gasteiger partial charge in [0.05, 0.1) is 6.54 Å². The van der Waals surface area contributed by atoms with E-state index in [4.69, 9.17) is 9.26 Å². The van der Waals surface area contributed by atoms with Gasteiger partial charge in [-0.2, -0.15) is 4.98 Å². The third-order valence-electron chi connectivity index (χ3n) is 4.78. The summed E-state index contributed by atoms with van der Waals surface area (Å²) in [4.78, 5) is 6.80. The fourth-order valence-electron chi connectivity index (χ4n) is 3.16. The smallest absolute Gasteiger partial charge is 0.240 e. The molecule has 1 fully saturated rings. The summed E-state index contributed by atoms with van der Waals surface area (Å²) >= 11 is 0. The van der Waals surface area contributed by atoms with Crippen LogP contribution in [0.25, 0.3) is 0 Å². The predicted molar refractivity (Wildman–Crippen MR) is 77.2 cm³/mol. The van der Waals surface area contributed by atoms with Gasteiger partial charge < -0.3 is 9.26 Å². The molecule has 1 aliphatic rings. The van der Waals surface area contributed by atoms with E-state index in [1.807, 2.05) is 0 Å². The number of hydrogen-bond donors (Lipinski definition) is 0. The van der Waals surface area contributed by atoms with Gasteiger partial charge in [-0.25, -0.2) is 0 Å². The van der Waals surface area contributed by atoms with Gasteiger partial charge in [0.25, 0.3) is 0 Å². The van der Waals surface area contributed by atoms with Crippen LogP contribution in [0.4, 0.5) is 0 Å². The van der Waals surface area contributed by atoms with Gasteiger partial charge in [0.15, 0.2) is 5.82 Å². The summed E-state index contributed by atoms with van der Waals surface area (Å²) in [7, 11) is 1.64. The molecule has 0 radical (unpaired) electrons. The molecule has 1 aliphatic heterocycles. The number of hydrogen-bond acceptors (Lipinski definition) is 5. The molecule has 2 rings (SSSR count). The predicted octanol–water partition coefficient (Wildman–Crippen LogP) is 3.01. The lowest BCUT2D eigenvalue weighted by molar-refractivity contribution is 0.174. The normalized spacial score (nSPS) is 19.9. The first-order chi connectivity index (χ1) is 9.71. The highest BCUT2D eigenvalue weighted by Gasteiger charge is 2.29. The summed E-state index contributed by atoms with van der Waals surface area (Å²) in [5, 5.41) is 3.92. The van der Waals surface area contributed by atoms with Crippen LogP contribution in [0.5, 0.6) is 0 Å². The van der Waals surface area contributed by atoms with Crippen molar-refractivity contribution in [1.29, 1.82) is 0 Å². The average Bonchev–Trinajstić information content (AvgIpc) is 2.79. The molecule has 1 saturated heterocycles. The third-order valence-corrected chi connectivity index (χ3v) is 4.78. The number of ether oxygens (including phenoxy) is 1. The number of rotatable bonds is 6. The van der Waals surface area contributed by atoms with E-state index in [1.165, 1.54) is 32.1 Å². The van der Waals surface area contributed by atoms with Crippen molar-refractivity contribution in [2.45, 2.75) is 59.1 Å². The molecular formula is C15H27N3O2. The maximum atomic E-state index is 5.28. The zero-order chi connectivity index (χ0) is 14.4. The Morgan fingerprint density at radius 1 is 1.25 bits per heavy atom. The first kappa shape index (κ1) is 15.4. The molecule has 2 heterocycles. The van der Waals surface area contributed by atoms with E-state index in [0.717, 1.165) is 19.6 Å². The Morgan fingerprint density at radius 2 is 2.05 bits per heavy atom. The first-order valence-electron chi connectivity index (χ1n) is 7.74. The maximum Gasteiger partial charge on any atom is 0.240 e. The van der Waals surface area contributed by atoms with Crippen molar-refractivity contribution in [2.75, 3.05) is 20.2 Å². The Bertz CT molecular complexity index is 402. The van der Waals surface area contributed by atoms with Gasteiger partial charge in [0, 0.05) is 7.11 Å². The van der Waals surface area contributed by atoms with Crippen LogP contribution in [-0.2, 0) is 17.9 Å². The van der Waals surface area contributed by atoms with Gasteiger partial charge in [-0.15, -0.1) is 0 Å². The number of nitrogens with zero attached hydrogens (tertiary/aromatic N) is 3. The topological polar surface area (TPSA) is 51.4 Å². The van der Waals surface area contributed by atoms with Crippen LogP contribution in [-0.4, -0.2) is 35.2 Å². The second kappa shape index (κ2) is 7.18. The Labute approximate surface area is 121 Å². The van der Waals surface area contributed by atoms with Crippen LogP contribution in [0, 0.1) is 5.41 Å². The molecule has 0 bridgehead atoms. The van der Waals surface area contributed by atoms with E-state index < -0.39 is 0 Å². The summed E-state index contributed by atoms with van der Waals surface area (Å²) in [5.74, 6) is 1.34. The maximum absolute atomic E-state index is 5.28. The zero-order valence-electron chi connectivity index (χ0n) is 13.0. The van der Waals surface area contributed by atoms with Crippen molar-refractivity contribution in [3.05, 3.63) is 11.7 Å².